The van der Waals surface area contributed by atoms with Crippen LogP contribution >= 0.6 is 0 Å². The van der Waals surface area contributed by atoms with Gasteiger partial charge in [0, 0.05) is 19.1 Å². The van der Waals surface area contributed by atoms with E-state index in [1.54, 1.807) is 0 Å². The maximum Gasteiger partial charge on any atom is 0.211 e. The fourth-order valence-corrected chi connectivity index (χ4v) is 3.54. The van der Waals surface area contributed by atoms with Crippen molar-refractivity contribution in [2.45, 2.75) is 39.7 Å². The molecule has 0 aromatic rings. The van der Waals surface area contributed by atoms with Gasteiger partial charge in [-0.2, -0.15) is 0 Å². The molecular weight excluding hydrogens is 262 g/mol. The van der Waals surface area contributed by atoms with E-state index in [0.29, 0.717) is 24.9 Å². The summed E-state index contributed by atoms with van der Waals surface area (Å²) in [5.74, 6) is 0.687. The van der Waals surface area contributed by atoms with Gasteiger partial charge in [0.25, 0.3) is 0 Å². The van der Waals surface area contributed by atoms with Gasteiger partial charge in [0.05, 0.1) is 5.75 Å². The smallest absolute Gasteiger partial charge is 0.211 e. The maximum absolute atomic E-state index is 11.8. The Hall–Kier alpha value is -0.170. The van der Waals surface area contributed by atoms with E-state index in [-0.39, 0.29) is 5.75 Å². The van der Waals surface area contributed by atoms with E-state index in [1.807, 2.05) is 6.92 Å². The molecule has 6 heteroatoms. The third kappa shape index (κ3) is 6.70. The number of sulfonamides is 1. The molecule has 1 unspecified atom stereocenters. The van der Waals surface area contributed by atoms with E-state index in [1.165, 1.54) is 0 Å². The highest BCUT2D eigenvalue weighted by Crippen LogP contribution is 2.17. The van der Waals surface area contributed by atoms with Crippen LogP contribution in [0.4, 0.5) is 0 Å². The Morgan fingerprint density at radius 3 is 2.68 bits per heavy atom. The van der Waals surface area contributed by atoms with Gasteiger partial charge in [-0.1, -0.05) is 6.92 Å². The molecule has 0 aromatic carbocycles. The van der Waals surface area contributed by atoms with Crippen LogP contribution in [-0.4, -0.2) is 57.8 Å². The van der Waals surface area contributed by atoms with Gasteiger partial charge in [-0.25, -0.2) is 13.1 Å². The zero-order valence-corrected chi connectivity index (χ0v) is 13.3. The molecule has 114 valence electrons. The summed E-state index contributed by atoms with van der Waals surface area (Å²) in [5.41, 5.74) is 0. The Labute approximate surface area is 118 Å². The lowest BCUT2D eigenvalue weighted by molar-refractivity contribution is 0.265. The number of nitrogens with one attached hydrogen (secondary N) is 2. The SMILES string of the molecule is CCNCCCS(=O)(=O)NCC1CCN(C(C)C)C1. The highest BCUT2D eigenvalue weighted by molar-refractivity contribution is 7.89. The summed E-state index contributed by atoms with van der Waals surface area (Å²) in [6.07, 6.45) is 1.77. The molecule has 0 bridgehead atoms. The standard InChI is InChI=1S/C13H29N3O2S/c1-4-14-7-5-9-19(17,18)15-10-13-6-8-16(11-13)12(2)3/h12-15H,4-11H2,1-3H3. The molecule has 2 N–H and O–H groups in total. The van der Waals surface area contributed by atoms with Crippen LogP contribution in [0.2, 0.25) is 0 Å². The molecule has 1 aliphatic heterocycles. The van der Waals surface area contributed by atoms with Gasteiger partial charge in [-0.3, -0.25) is 0 Å². The van der Waals surface area contributed by atoms with Gasteiger partial charge >= 0.3 is 0 Å². The second-order valence-electron chi connectivity index (χ2n) is 5.62. The van der Waals surface area contributed by atoms with Crippen LogP contribution in [0.5, 0.6) is 0 Å². The monoisotopic (exact) mass is 291 g/mol. The van der Waals surface area contributed by atoms with Crippen molar-refractivity contribution in [3.05, 3.63) is 0 Å². The van der Waals surface area contributed by atoms with Crippen molar-refractivity contribution in [1.82, 2.24) is 14.9 Å². The van der Waals surface area contributed by atoms with E-state index in [4.69, 9.17) is 0 Å². The summed E-state index contributed by atoms with van der Waals surface area (Å²) in [4.78, 5) is 2.41. The summed E-state index contributed by atoms with van der Waals surface area (Å²) in [6.45, 7) is 10.7. The van der Waals surface area contributed by atoms with E-state index >= 15 is 0 Å². The van der Waals surface area contributed by atoms with Crippen molar-refractivity contribution in [3.63, 3.8) is 0 Å². The molecule has 1 heterocycles. The molecule has 1 aliphatic rings. The third-order valence-electron chi connectivity index (χ3n) is 3.66. The lowest BCUT2D eigenvalue weighted by Crippen LogP contribution is -2.34. The molecular formula is C13H29N3O2S. The van der Waals surface area contributed by atoms with Gasteiger partial charge in [-0.15, -0.1) is 0 Å². The number of hydrogen-bond acceptors (Lipinski definition) is 4. The summed E-state index contributed by atoms with van der Waals surface area (Å²) >= 11 is 0. The molecule has 0 radical (unpaired) electrons. The highest BCUT2D eigenvalue weighted by Gasteiger charge is 2.25. The lowest BCUT2D eigenvalue weighted by Gasteiger charge is -2.20. The van der Waals surface area contributed by atoms with Gasteiger partial charge in [0.15, 0.2) is 0 Å². The van der Waals surface area contributed by atoms with Gasteiger partial charge in [-0.05, 0) is 52.2 Å². The van der Waals surface area contributed by atoms with Crippen molar-refractivity contribution in [1.29, 1.82) is 0 Å². The van der Waals surface area contributed by atoms with Crippen LogP contribution in [0.1, 0.15) is 33.6 Å². The molecule has 0 saturated carbocycles. The first kappa shape index (κ1) is 16.9. The number of nitrogens with zero attached hydrogens (tertiary/aromatic N) is 1. The van der Waals surface area contributed by atoms with Crippen LogP contribution in [0.15, 0.2) is 0 Å². The van der Waals surface area contributed by atoms with E-state index in [9.17, 15) is 8.42 Å². The predicted octanol–water partition coefficient (Wildman–Crippen LogP) is 0.636. The van der Waals surface area contributed by atoms with Crippen LogP contribution in [0, 0.1) is 5.92 Å². The summed E-state index contributed by atoms with van der Waals surface area (Å²) < 4.78 is 26.4. The molecule has 1 atom stereocenters. The normalized spacial score (nSPS) is 21.4. The lowest BCUT2D eigenvalue weighted by atomic mass is 10.1. The molecule has 1 rings (SSSR count). The molecule has 0 aliphatic carbocycles. The number of likely N-dealkylation sites (tertiary alicyclic amines) is 1. The minimum absolute atomic E-state index is 0.223. The second-order valence-corrected chi connectivity index (χ2v) is 7.54. The third-order valence-corrected chi connectivity index (χ3v) is 5.09. The molecule has 0 amide bonds. The Morgan fingerprint density at radius 1 is 1.37 bits per heavy atom. The Balaban J connectivity index is 2.21. The van der Waals surface area contributed by atoms with Gasteiger partial charge in [0.2, 0.25) is 10.0 Å². The topological polar surface area (TPSA) is 61.4 Å². The van der Waals surface area contributed by atoms with Crippen LogP contribution < -0.4 is 10.0 Å². The van der Waals surface area contributed by atoms with Crippen molar-refractivity contribution in [2.75, 3.05) is 38.5 Å². The van der Waals surface area contributed by atoms with Gasteiger partial charge < -0.3 is 10.2 Å². The Bertz CT molecular complexity index is 344. The first-order valence-electron chi connectivity index (χ1n) is 7.36. The second kappa shape index (κ2) is 8.19. The zero-order chi connectivity index (χ0) is 14.3. The molecule has 1 saturated heterocycles. The Kier molecular flexibility index (Phi) is 7.28. The largest absolute Gasteiger partial charge is 0.317 e. The molecule has 0 spiro atoms. The Morgan fingerprint density at radius 2 is 2.11 bits per heavy atom. The highest BCUT2D eigenvalue weighted by atomic mass is 32.2. The summed E-state index contributed by atoms with van der Waals surface area (Å²) in [5, 5.41) is 3.14. The fraction of sp³-hybridized carbons (Fsp3) is 1.00. The number of hydrogen-bond donors (Lipinski definition) is 2. The molecule has 1 fully saturated rings. The summed E-state index contributed by atoms with van der Waals surface area (Å²) in [6, 6.07) is 0.557. The van der Waals surface area contributed by atoms with Crippen LogP contribution in [0.3, 0.4) is 0 Å². The minimum atomic E-state index is -3.10. The first-order valence-corrected chi connectivity index (χ1v) is 9.02. The first-order chi connectivity index (χ1) is 8.94. The number of rotatable bonds is 9. The fourth-order valence-electron chi connectivity index (χ4n) is 2.38. The van der Waals surface area contributed by atoms with E-state index < -0.39 is 10.0 Å². The van der Waals surface area contributed by atoms with Crippen molar-refractivity contribution in [3.8, 4) is 0 Å². The van der Waals surface area contributed by atoms with Crippen LogP contribution in [-0.2, 0) is 10.0 Å². The quantitative estimate of drug-likeness (QED) is 0.612. The maximum atomic E-state index is 11.8. The van der Waals surface area contributed by atoms with Gasteiger partial charge in [0.1, 0.15) is 0 Å². The van der Waals surface area contributed by atoms with E-state index in [0.717, 1.165) is 32.6 Å². The molecule has 5 nitrogen and oxygen atoms in total. The average molecular weight is 291 g/mol. The molecule has 0 aromatic heterocycles. The minimum Gasteiger partial charge on any atom is -0.317 e. The predicted molar refractivity (Wildman–Crippen MR) is 79.8 cm³/mol. The summed E-state index contributed by atoms with van der Waals surface area (Å²) in [7, 11) is -3.10. The van der Waals surface area contributed by atoms with Crippen molar-refractivity contribution in [2.24, 2.45) is 5.92 Å². The zero-order valence-electron chi connectivity index (χ0n) is 12.5. The average Bonchev–Trinajstić information content (AvgIpc) is 2.81. The molecule has 19 heavy (non-hydrogen) atoms. The van der Waals surface area contributed by atoms with Crippen LogP contribution in [0.25, 0.3) is 0 Å². The van der Waals surface area contributed by atoms with Crippen molar-refractivity contribution >= 4 is 10.0 Å². The van der Waals surface area contributed by atoms with E-state index in [2.05, 4.69) is 28.8 Å². The van der Waals surface area contributed by atoms with Crippen molar-refractivity contribution < 1.29 is 8.42 Å².